The van der Waals surface area contributed by atoms with E-state index in [2.05, 4.69) is 24.3 Å². The first-order valence-corrected chi connectivity index (χ1v) is 9.89. The minimum atomic E-state index is -0.0684. The lowest BCUT2D eigenvalue weighted by atomic mass is 9.87. The molecule has 0 radical (unpaired) electrons. The Bertz CT molecular complexity index is 783. The minimum Gasteiger partial charge on any atom is -0.497 e. The van der Waals surface area contributed by atoms with Gasteiger partial charge in [-0.3, -0.25) is 4.79 Å². The fraction of sp³-hybridized carbons (Fsp3) is 0.435. The molecule has 4 nitrogen and oxygen atoms in total. The lowest BCUT2D eigenvalue weighted by Gasteiger charge is -2.39. The van der Waals surface area contributed by atoms with Gasteiger partial charge in [-0.25, -0.2) is 0 Å². The highest BCUT2D eigenvalue weighted by atomic mass is 16.5. The molecule has 2 heterocycles. The van der Waals surface area contributed by atoms with Gasteiger partial charge in [0.05, 0.1) is 25.7 Å². The average molecular weight is 365 g/mol. The number of nitrogens with zero attached hydrogens (tertiary/aromatic N) is 1. The monoisotopic (exact) mass is 365 g/mol. The highest BCUT2D eigenvalue weighted by Crippen LogP contribution is 2.37. The molecule has 2 atom stereocenters. The number of rotatable bonds is 4. The Labute approximate surface area is 161 Å². The van der Waals surface area contributed by atoms with Crippen LogP contribution in [0.4, 0.5) is 0 Å². The molecule has 1 amide bonds. The Hall–Kier alpha value is -2.33. The van der Waals surface area contributed by atoms with Crippen molar-refractivity contribution in [1.82, 2.24) is 4.90 Å². The fourth-order valence-electron chi connectivity index (χ4n) is 4.26. The normalized spacial score (nSPS) is 22.2. The Morgan fingerprint density at radius 3 is 2.78 bits per heavy atom. The molecule has 4 rings (SSSR count). The maximum atomic E-state index is 13.2. The SMILES string of the molecule is COc1ccc2c(c1)C(c1ccccc1)N(C(=O)CC1CCCCO1)CC2. The Kier molecular flexibility index (Phi) is 5.44. The molecule has 4 heteroatoms. The number of fused-ring (bicyclic) bond motifs is 1. The molecule has 0 saturated carbocycles. The number of ether oxygens (including phenoxy) is 2. The summed E-state index contributed by atoms with van der Waals surface area (Å²) in [4.78, 5) is 15.3. The van der Waals surface area contributed by atoms with E-state index in [0.29, 0.717) is 6.42 Å². The number of methoxy groups -OCH3 is 1. The van der Waals surface area contributed by atoms with Gasteiger partial charge in [0.15, 0.2) is 0 Å². The molecule has 1 saturated heterocycles. The molecule has 0 N–H and O–H groups in total. The Morgan fingerprint density at radius 2 is 2.04 bits per heavy atom. The van der Waals surface area contributed by atoms with E-state index in [0.717, 1.165) is 50.1 Å². The summed E-state index contributed by atoms with van der Waals surface area (Å²) in [5.74, 6) is 1.02. The van der Waals surface area contributed by atoms with Gasteiger partial charge in [-0.1, -0.05) is 36.4 Å². The summed E-state index contributed by atoms with van der Waals surface area (Å²) in [6.07, 6.45) is 4.66. The highest BCUT2D eigenvalue weighted by Gasteiger charge is 2.33. The van der Waals surface area contributed by atoms with Crippen molar-refractivity contribution < 1.29 is 14.3 Å². The zero-order chi connectivity index (χ0) is 18.6. The summed E-state index contributed by atoms with van der Waals surface area (Å²) in [5.41, 5.74) is 3.61. The van der Waals surface area contributed by atoms with Crippen molar-refractivity contribution in [3.63, 3.8) is 0 Å². The van der Waals surface area contributed by atoms with Crippen LogP contribution >= 0.6 is 0 Å². The van der Waals surface area contributed by atoms with E-state index in [9.17, 15) is 4.79 Å². The van der Waals surface area contributed by atoms with Gasteiger partial charge >= 0.3 is 0 Å². The minimum absolute atomic E-state index is 0.0642. The van der Waals surface area contributed by atoms with Crippen molar-refractivity contribution in [2.24, 2.45) is 0 Å². The first-order valence-electron chi connectivity index (χ1n) is 9.89. The van der Waals surface area contributed by atoms with Crippen molar-refractivity contribution in [2.75, 3.05) is 20.3 Å². The lowest BCUT2D eigenvalue weighted by Crippen LogP contribution is -2.42. The fourth-order valence-corrected chi connectivity index (χ4v) is 4.26. The lowest BCUT2D eigenvalue weighted by molar-refractivity contribution is -0.137. The molecule has 2 aromatic carbocycles. The number of carbonyl (C=O) groups excluding carboxylic acids is 1. The Morgan fingerprint density at radius 1 is 1.19 bits per heavy atom. The van der Waals surface area contributed by atoms with E-state index in [1.807, 2.05) is 29.2 Å². The van der Waals surface area contributed by atoms with E-state index in [4.69, 9.17) is 9.47 Å². The largest absolute Gasteiger partial charge is 0.497 e. The van der Waals surface area contributed by atoms with Crippen molar-refractivity contribution in [3.05, 3.63) is 65.2 Å². The zero-order valence-corrected chi connectivity index (χ0v) is 15.9. The first-order chi connectivity index (χ1) is 13.3. The number of hydrogen-bond acceptors (Lipinski definition) is 3. The first kappa shape index (κ1) is 18.1. The van der Waals surface area contributed by atoms with Gasteiger partial charge in [0, 0.05) is 13.2 Å². The topological polar surface area (TPSA) is 38.8 Å². The molecule has 1 fully saturated rings. The van der Waals surface area contributed by atoms with Crippen molar-refractivity contribution in [2.45, 2.75) is 44.2 Å². The number of amides is 1. The average Bonchev–Trinajstić information content (AvgIpc) is 2.73. The molecule has 2 aromatic rings. The van der Waals surface area contributed by atoms with Crippen LogP contribution in [0.3, 0.4) is 0 Å². The van der Waals surface area contributed by atoms with Gasteiger partial charge in [0.2, 0.25) is 5.91 Å². The van der Waals surface area contributed by atoms with E-state index in [1.54, 1.807) is 7.11 Å². The van der Waals surface area contributed by atoms with E-state index < -0.39 is 0 Å². The van der Waals surface area contributed by atoms with E-state index >= 15 is 0 Å². The molecule has 2 aliphatic heterocycles. The maximum Gasteiger partial charge on any atom is 0.225 e. The molecule has 0 bridgehead atoms. The summed E-state index contributed by atoms with van der Waals surface area (Å²) in [6.45, 7) is 1.52. The molecular weight excluding hydrogens is 338 g/mol. The molecule has 27 heavy (non-hydrogen) atoms. The second kappa shape index (κ2) is 8.13. The van der Waals surface area contributed by atoms with Crippen molar-refractivity contribution >= 4 is 5.91 Å². The van der Waals surface area contributed by atoms with Crippen LogP contribution in [-0.2, 0) is 16.0 Å². The molecule has 0 spiro atoms. The molecule has 0 aromatic heterocycles. The highest BCUT2D eigenvalue weighted by molar-refractivity contribution is 5.78. The molecule has 2 unspecified atom stereocenters. The zero-order valence-electron chi connectivity index (χ0n) is 15.9. The van der Waals surface area contributed by atoms with Gasteiger partial charge in [-0.05, 0) is 54.5 Å². The third-order valence-electron chi connectivity index (χ3n) is 5.69. The van der Waals surface area contributed by atoms with Crippen LogP contribution in [0.5, 0.6) is 5.75 Å². The molecule has 0 aliphatic carbocycles. The van der Waals surface area contributed by atoms with Crippen LogP contribution in [-0.4, -0.2) is 37.2 Å². The van der Waals surface area contributed by atoms with Crippen molar-refractivity contribution in [1.29, 1.82) is 0 Å². The third kappa shape index (κ3) is 3.86. The van der Waals surface area contributed by atoms with Crippen molar-refractivity contribution in [3.8, 4) is 5.75 Å². The summed E-state index contributed by atoms with van der Waals surface area (Å²) >= 11 is 0. The number of benzene rings is 2. The second-order valence-electron chi connectivity index (χ2n) is 7.41. The second-order valence-corrected chi connectivity index (χ2v) is 7.41. The number of hydrogen-bond donors (Lipinski definition) is 0. The molecular formula is C23H27NO3. The predicted molar refractivity (Wildman–Crippen MR) is 105 cm³/mol. The summed E-state index contributed by atoms with van der Waals surface area (Å²) < 4.78 is 11.3. The van der Waals surface area contributed by atoms with E-state index in [-0.39, 0.29) is 18.1 Å². The maximum absolute atomic E-state index is 13.2. The Balaban J connectivity index is 1.66. The third-order valence-corrected chi connectivity index (χ3v) is 5.69. The van der Waals surface area contributed by atoms with Crippen LogP contribution in [0.25, 0.3) is 0 Å². The van der Waals surface area contributed by atoms with E-state index in [1.165, 1.54) is 11.1 Å². The standard InChI is InChI=1S/C23H27NO3/c1-26-19-11-10-17-12-13-24(22(25)16-20-9-5-6-14-27-20)23(21(17)15-19)18-7-3-2-4-8-18/h2-4,7-8,10-11,15,20,23H,5-6,9,12-14,16H2,1H3. The van der Waals surface area contributed by atoms with Gasteiger partial charge in [0.1, 0.15) is 5.75 Å². The van der Waals surface area contributed by atoms with Gasteiger partial charge < -0.3 is 14.4 Å². The van der Waals surface area contributed by atoms with Gasteiger partial charge in [-0.15, -0.1) is 0 Å². The smallest absolute Gasteiger partial charge is 0.225 e. The van der Waals surface area contributed by atoms with Gasteiger partial charge in [-0.2, -0.15) is 0 Å². The van der Waals surface area contributed by atoms with Crippen LogP contribution < -0.4 is 4.74 Å². The van der Waals surface area contributed by atoms with Crippen LogP contribution in [0.15, 0.2) is 48.5 Å². The molecule has 142 valence electrons. The summed E-state index contributed by atoms with van der Waals surface area (Å²) in [5, 5.41) is 0. The number of carbonyl (C=O) groups is 1. The van der Waals surface area contributed by atoms with Crippen LogP contribution in [0.2, 0.25) is 0 Å². The quantitative estimate of drug-likeness (QED) is 0.818. The summed E-state index contributed by atoms with van der Waals surface area (Å²) in [6, 6.07) is 16.5. The van der Waals surface area contributed by atoms with Crippen LogP contribution in [0, 0.1) is 0 Å². The van der Waals surface area contributed by atoms with Gasteiger partial charge in [0.25, 0.3) is 0 Å². The molecule has 2 aliphatic rings. The van der Waals surface area contributed by atoms with Crippen LogP contribution in [0.1, 0.15) is 48.4 Å². The predicted octanol–water partition coefficient (Wildman–Crippen LogP) is 4.13. The summed E-state index contributed by atoms with van der Waals surface area (Å²) in [7, 11) is 1.69.